The van der Waals surface area contributed by atoms with E-state index >= 15 is 0 Å². The quantitative estimate of drug-likeness (QED) is 0.440. The Bertz CT molecular complexity index is 133. The Kier molecular flexibility index (Phi) is 2.09. The molecule has 0 amide bonds. The first kappa shape index (κ1) is 7.73. The minimum atomic E-state index is -0.379. The van der Waals surface area contributed by atoms with E-state index in [0.717, 1.165) is 25.5 Å². The first-order valence-electron chi connectivity index (χ1n) is 3.93. The van der Waals surface area contributed by atoms with Gasteiger partial charge in [0.2, 0.25) is 0 Å². The SMILES string of the molecule is CCC[C@@H]1O[C@]1(C=O)CC. The van der Waals surface area contributed by atoms with E-state index in [-0.39, 0.29) is 11.7 Å². The van der Waals surface area contributed by atoms with Crippen LogP contribution in [0.2, 0.25) is 0 Å². The molecule has 0 saturated carbocycles. The molecule has 1 aliphatic heterocycles. The number of hydrogen-bond donors (Lipinski definition) is 0. The van der Waals surface area contributed by atoms with Crippen molar-refractivity contribution in [3.05, 3.63) is 0 Å². The van der Waals surface area contributed by atoms with Gasteiger partial charge in [-0.15, -0.1) is 0 Å². The third kappa shape index (κ3) is 1.08. The molecular formula is C8H14O2. The maximum atomic E-state index is 10.5. The van der Waals surface area contributed by atoms with Gasteiger partial charge >= 0.3 is 0 Å². The van der Waals surface area contributed by atoms with E-state index in [9.17, 15) is 4.79 Å². The van der Waals surface area contributed by atoms with Gasteiger partial charge in [-0.2, -0.15) is 0 Å². The fraction of sp³-hybridized carbons (Fsp3) is 0.875. The van der Waals surface area contributed by atoms with Crippen LogP contribution in [-0.2, 0) is 9.53 Å². The molecule has 0 unspecified atom stereocenters. The summed E-state index contributed by atoms with van der Waals surface area (Å²) in [5.41, 5.74) is -0.379. The lowest BCUT2D eigenvalue weighted by Gasteiger charge is -1.96. The second-order valence-electron chi connectivity index (χ2n) is 2.82. The summed E-state index contributed by atoms with van der Waals surface area (Å²) < 4.78 is 5.28. The molecule has 0 aliphatic carbocycles. The maximum absolute atomic E-state index is 10.5. The topological polar surface area (TPSA) is 29.6 Å². The lowest BCUT2D eigenvalue weighted by atomic mass is 10.0. The highest BCUT2D eigenvalue weighted by Crippen LogP contribution is 2.40. The molecule has 0 aromatic rings. The van der Waals surface area contributed by atoms with Gasteiger partial charge in [0.1, 0.15) is 5.60 Å². The van der Waals surface area contributed by atoms with Crippen LogP contribution >= 0.6 is 0 Å². The van der Waals surface area contributed by atoms with Crippen molar-refractivity contribution in [1.82, 2.24) is 0 Å². The Morgan fingerprint density at radius 1 is 1.60 bits per heavy atom. The highest BCUT2D eigenvalue weighted by Gasteiger charge is 2.54. The Balaban J connectivity index is 2.37. The molecule has 58 valence electrons. The summed E-state index contributed by atoms with van der Waals surface area (Å²) in [7, 11) is 0. The van der Waals surface area contributed by atoms with Crippen molar-refractivity contribution in [2.24, 2.45) is 0 Å². The van der Waals surface area contributed by atoms with E-state index in [2.05, 4.69) is 6.92 Å². The van der Waals surface area contributed by atoms with Crippen LogP contribution in [-0.4, -0.2) is 18.0 Å². The summed E-state index contributed by atoms with van der Waals surface area (Å²) >= 11 is 0. The van der Waals surface area contributed by atoms with Crippen molar-refractivity contribution in [3.8, 4) is 0 Å². The van der Waals surface area contributed by atoms with E-state index < -0.39 is 0 Å². The van der Waals surface area contributed by atoms with Crippen molar-refractivity contribution in [2.75, 3.05) is 0 Å². The van der Waals surface area contributed by atoms with E-state index in [0.29, 0.717) is 0 Å². The zero-order valence-electron chi connectivity index (χ0n) is 6.59. The van der Waals surface area contributed by atoms with Crippen LogP contribution in [0.5, 0.6) is 0 Å². The highest BCUT2D eigenvalue weighted by atomic mass is 16.6. The molecule has 2 nitrogen and oxygen atoms in total. The van der Waals surface area contributed by atoms with E-state index in [1.807, 2.05) is 6.92 Å². The van der Waals surface area contributed by atoms with Crippen LogP contribution in [0.3, 0.4) is 0 Å². The summed E-state index contributed by atoms with van der Waals surface area (Å²) in [6.07, 6.45) is 4.11. The number of hydrogen-bond acceptors (Lipinski definition) is 2. The number of ether oxygens (including phenoxy) is 1. The Hall–Kier alpha value is -0.370. The summed E-state index contributed by atoms with van der Waals surface area (Å²) in [5.74, 6) is 0. The summed E-state index contributed by atoms with van der Waals surface area (Å²) in [4.78, 5) is 10.5. The summed E-state index contributed by atoms with van der Waals surface area (Å²) in [6.45, 7) is 4.09. The van der Waals surface area contributed by atoms with E-state index in [1.54, 1.807) is 0 Å². The monoisotopic (exact) mass is 142 g/mol. The standard InChI is InChI=1S/C8H14O2/c1-3-5-7-8(4-2,6-9)10-7/h6-7H,3-5H2,1-2H3/t7-,8-/m0/s1. The molecule has 2 heteroatoms. The lowest BCUT2D eigenvalue weighted by molar-refractivity contribution is -0.112. The molecule has 0 N–H and O–H groups in total. The minimum Gasteiger partial charge on any atom is -0.358 e. The van der Waals surface area contributed by atoms with Crippen LogP contribution in [0.15, 0.2) is 0 Å². The Labute approximate surface area is 61.6 Å². The largest absolute Gasteiger partial charge is 0.358 e. The maximum Gasteiger partial charge on any atom is 0.154 e. The first-order chi connectivity index (χ1) is 4.79. The first-order valence-corrected chi connectivity index (χ1v) is 3.93. The zero-order chi connectivity index (χ0) is 7.61. The van der Waals surface area contributed by atoms with Gasteiger partial charge in [0, 0.05) is 0 Å². The van der Waals surface area contributed by atoms with Crippen molar-refractivity contribution in [2.45, 2.75) is 44.8 Å². The average Bonchev–Trinajstić information content (AvgIpc) is 2.65. The van der Waals surface area contributed by atoms with E-state index in [1.165, 1.54) is 0 Å². The molecule has 10 heavy (non-hydrogen) atoms. The molecule has 1 aliphatic rings. The van der Waals surface area contributed by atoms with Crippen molar-refractivity contribution in [1.29, 1.82) is 0 Å². The molecule has 1 rings (SSSR count). The van der Waals surface area contributed by atoms with Gasteiger partial charge in [0.25, 0.3) is 0 Å². The number of carbonyl (C=O) groups is 1. The van der Waals surface area contributed by atoms with Crippen LogP contribution in [0.1, 0.15) is 33.1 Å². The minimum absolute atomic E-state index is 0.222. The number of aldehydes is 1. The van der Waals surface area contributed by atoms with Crippen LogP contribution in [0, 0.1) is 0 Å². The molecular weight excluding hydrogens is 128 g/mol. The summed E-state index contributed by atoms with van der Waals surface area (Å²) in [6, 6.07) is 0. The second-order valence-corrected chi connectivity index (χ2v) is 2.82. The molecule has 1 fully saturated rings. The molecule has 0 spiro atoms. The average molecular weight is 142 g/mol. The van der Waals surface area contributed by atoms with E-state index in [4.69, 9.17) is 4.74 Å². The van der Waals surface area contributed by atoms with Gasteiger partial charge in [0.05, 0.1) is 6.10 Å². The third-order valence-corrected chi connectivity index (χ3v) is 2.15. The van der Waals surface area contributed by atoms with Gasteiger partial charge < -0.3 is 9.53 Å². The summed E-state index contributed by atoms with van der Waals surface area (Å²) in [5, 5.41) is 0. The lowest BCUT2D eigenvalue weighted by Crippen LogP contribution is -2.15. The van der Waals surface area contributed by atoms with Crippen molar-refractivity contribution in [3.63, 3.8) is 0 Å². The van der Waals surface area contributed by atoms with Gasteiger partial charge in [0.15, 0.2) is 6.29 Å². The third-order valence-electron chi connectivity index (χ3n) is 2.15. The predicted octanol–water partition coefficient (Wildman–Crippen LogP) is 1.53. The number of epoxide rings is 1. The molecule has 1 saturated heterocycles. The number of carbonyl (C=O) groups excluding carboxylic acids is 1. The van der Waals surface area contributed by atoms with Crippen LogP contribution < -0.4 is 0 Å². The van der Waals surface area contributed by atoms with Gasteiger partial charge in [-0.1, -0.05) is 20.3 Å². The van der Waals surface area contributed by atoms with Gasteiger partial charge in [-0.05, 0) is 12.8 Å². The van der Waals surface area contributed by atoms with Crippen molar-refractivity contribution < 1.29 is 9.53 Å². The van der Waals surface area contributed by atoms with Gasteiger partial charge in [-0.3, -0.25) is 0 Å². The number of rotatable bonds is 4. The normalized spacial score (nSPS) is 37.6. The predicted molar refractivity (Wildman–Crippen MR) is 38.9 cm³/mol. The fourth-order valence-electron chi connectivity index (χ4n) is 1.29. The second kappa shape index (κ2) is 2.70. The molecule has 0 radical (unpaired) electrons. The Morgan fingerprint density at radius 2 is 2.30 bits per heavy atom. The molecule has 0 aromatic carbocycles. The van der Waals surface area contributed by atoms with Crippen molar-refractivity contribution >= 4 is 6.29 Å². The zero-order valence-corrected chi connectivity index (χ0v) is 6.59. The Morgan fingerprint density at radius 3 is 2.60 bits per heavy atom. The smallest absolute Gasteiger partial charge is 0.154 e. The highest BCUT2D eigenvalue weighted by molar-refractivity contribution is 5.67. The van der Waals surface area contributed by atoms with Crippen LogP contribution in [0.25, 0.3) is 0 Å². The molecule has 2 atom stereocenters. The molecule has 1 heterocycles. The van der Waals surface area contributed by atoms with Gasteiger partial charge in [-0.25, -0.2) is 0 Å². The fourth-order valence-corrected chi connectivity index (χ4v) is 1.29. The molecule has 0 aromatic heterocycles. The molecule has 0 bridgehead atoms. The van der Waals surface area contributed by atoms with Crippen LogP contribution in [0.4, 0.5) is 0 Å².